The van der Waals surface area contributed by atoms with E-state index < -0.39 is 0 Å². The minimum absolute atomic E-state index is 0.301. The molecule has 0 atom stereocenters. The molecule has 138 valence electrons. The van der Waals surface area contributed by atoms with Crippen molar-refractivity contribution in [1.82, 2.24) is 15.2 Å². The first-order valence-electron chi connectivity index (χ1n) is 8.97. The second-order valence-electron chi connectivity index (χ2n) is 6.45. The summed E-state index contributed by atoms with van der Waals surface area (Å²) in [7, 11) is 0. The topological polar surface area (TPSA) is 70.8 Å². The first kappa shape index (κ1) is 18.4. The Labute approximate surface area is 154 Å². The number of hydrogen-bond acceptors (Lipinski definition) is 5. The van der Waals surface area contributed by atoms with E-state index in [-0.39, 0.29) is 5.91 Å². The summed E-state index contributed by atoms with van der Waals surface area (Å²) < 4.78 is 5.78. The fourth-order valence-electron chi connectivity index (χ4n) is 3.09. The number of carbonyl (C=O) groups excluding carboxylic acids is 1. The number of nitrogens with one attached hydrogen (secondary N) is 1. The maximum atomic E-state index is 11.4. The van der Waals surface area contributed by atoms with Gasteiger partial charge in [-0.1, -0.05) is 30.3 Å². The smallest absolute Gasteiger partial charge is 0.265 e. The van der Waals surface area contributed by atoms with Crippen LogP contribution in [0.15, 0.2) is 54.6 Å². The molecule has 6 heteroatoms. The summed E-state index contributed by atoms with van der Waals surface area (Å²) in [6.07, 6.45) is 0. The summed E-state index contributed by atoms with van der Waals surface area (Å²) in [6.45, 7) is 6.85. The van der Waals surface area contributed by atoms with Crippen molar-refractivity contribution in [3.05, 3.63) is 65.7 Å². The van der Waals surface area contributed by atoms with Crippen molar-refractivity contribution in [2.75, 3.05) is 39.3 Å². The third-order valence-corrected chi connectivity index (χ3v) is 4.64. The van der Waals surface area contributed by atoms with Gasteiger partial charge in [0.2, 0.25) is 0 Å². The third kappa shape index (κ3) is 5.29. The quantitative estimate of drug-likeness (QED) is 0.448. The van der Waals surface area contributed by atoms with Crippen molar-refractivity contribution in [2.45, 2.75) is 6.54 Å². The van der Waals surface area contributed by atoms with Crippen LogP contribution >= 0.6 is 0 Å². The van der Waals surface area contributed by atoms with Gasteiger partial charge < -0.3 is 4.74 Å². The van der Waals surface area contributed by atoms with Gasteiger partial charge in [-0.25, -0.2) is 5.84 Å². The second-order valence-corrected chi connectivity index (χ2v) is 6.45. The fourth-order valence-corrected chi connectivity index (χ4v) is 3.09. The van der Waals surface area contributed by atoms with Gasteiger partial charge in [-0.15, -0.1) is 0 Å². The van der Waals surface area contributed by atoms with E-state index in [4.69, 9.17) is 10.6 Å². The molecule has 2 aromatic carbocycles. The van der Waals surface area contributed by atoms with Crippen LogP contribution in [0.3, 0.4) is 0 Å². The number of hydrazine groups is 1. The number of amides is 1. The van der Waals surface area contributed by atoms with Crippen molar-refractivity contribution < 1.29 is 9.53 Å². The Kier molecular flexibility index (Phi) is 6.60. The molecule has 1 aliphatic heterocycles. The number of nitrogens with zero attached hydrogens (tertiary/aromatic N) is 2. The number of benzene rings is 2. The van der Waals surface area contributed by atoms with Crippen LogP contribution in [-0.2, 0) is 6.54 Å². The van der Waals surface area contributed by atoms with Crippen LogP contribution in [-0.4, -0.2) is 55.0 Å². The van der Waals surface area contributed by atoms with Crippen LogP contribution in [0.25, 0.3) is 0 Å². The molecule has 0 saturated carbocycles. The highest BCUT2D eigenvalue weighted by Crippen LogP contribution is 2.13. The third-order valence-electron chi connectivity index (χ3n) is 4.64. The molecule has 0 radical (unpaired) electrons. The van der Waals surface area contributed by atoms with E-state index in [0.717, 1.165) is 45.0 Å². The van der Waals surface area contributed by atoms with Crippen molar-refractivity contribution >= 4 is 5.91 Å². The lowest BCUT2D eigenvalue weighted by Gasteiger charge is -2.34. The monoisotopic (exact) mass is 354 g/mol. The van der Waals surface area contributed by atoms with Gasteiger partial charge >= 0.3 is 0 Å². The molecule has 1 aliphatic rings. The summed E-state index contributed by atoms with van der Waals surface area (Å²) in [4.78, 5) is 16.3. The number of ether oxygens (including phenoxy) is 1. The minimum atomic E-state index is -0.301. The standard InChI is InChI=1S/C20H26N4O2/c21-22-20(25)18-6-8-19(9-7-18)26-15-14-23-10-12-24(13-11-23)16-17-4-2-1-3-5-17/h1-9H,10-16,21H2,(H,22,25). The van der Waals surface area contributed by atoms with E-state index in [1.54, 1.807) is 24.3 Å². The Morgan fingerprint density at radius 2 is 1.62 bits per heavy atom. The molecule has 1 amide bonds. The largest absolute Gasteiger partial charge is 0.492 e. The SMILES string of the molecule is NNC(=O)c1ccc(OCCN2CCN(Cc3ccccc3)CC2)cc1. The molecule has 0 bridgehead atoms. The molecule has 2 aromatic rings. The predicted octanol–water partition coefficient (Wildman–Crippen LogP) is 1.49. The maximum Gasteiger partial charge on any atom is 0.265 e. The first-order chi connectivity index (χ1) is 12.7. The molecule has 3 rings (SSSR count). The zero-order chi connectivity index (χ0) is 18.2. The predicted molar refractivity (Wildman–Crippen MR) is 102 cm³/mol. The van der Waals surface area contributed by atoms with Crippen molar-refractivity contribution in [3.63, 3.8) is 0 Å². The van der Waals surface area contributed by atoms with Crippen LogP contribution in [0, 0.1) is 0 Å². The lowest BCUT2D eigenvalue weighted by Crippen LogP contribution is -2.47. The Balaban J connectivity index is 1.35. The van der Waals surface area contributed by atoms with Crippen molar-refractivity contribution in [3.8, 4) is 5.75 Å². The van der Waals surface area contributed by atoms with Crippen LogP contribution in [0.5, 0.6) is 5.75 Å². The average Bonchev–Trinajstić information content (AvgIpc) is 2.70. The van der Waals surface area contributed by atoms with Gasteiger partial charge in [-0.05, 0) is 29.8 Å². The molecular weight excluding hydrogens is 328 g/mol. The Bertz CT molecular complexity index is 683. The Morgan fingerprint density at radius 1 is 0.962 bits per heavy atom. The van der Waals surface area contributed by atoms with Gasteiger partial charge in [0.05, 0.1) is 0 Å². The van der Waals surface area contributed by atoms with Crippen molar-refractivity contribution in [1.29, 1.82) is 0 Å². The molecule has 26 heavy (non-hydrogen) atoms. The number of rotatable bonds is 7. The van der Waals surface area contributed by atoms with Gasteiger partial charge in [0.1, 0.15) is 12.4 Å². The zero-order valence-corrected chi connectivity index (χ0v) is 14.9. The van der Waals surface area contributed by atoms with Crippen LogP contribution in [0.4, 0.5) is 0 Å². The van der Waals surface area contributed by atoms with Gasteiger partial charge in [0.15, 0.2) is 0 Å². The summed E-state index contributed by atoms with van der Waals surface area (Å²) in [5, 5.41) is 0. The highest BCUT2D eigenvalue weighted by Gasteiger charge is 2.16. The number of hydrogen-bond donors (Lipinski definition) is 2. The number of nitrogens with two attached hydrogens (primary N) is 1. The van der Waals surface area contributed by atoms with E-state index >= 15 is 0 Å². The van der Waals surface area contributed by atoms with Gasteiger partial charge in [-0.2, -0.15) is 0 Å². The first-order valence-corrected chi connectivity index (χ1v) is 8.97. The average molecular weight is 354 g/mol. The molecule has 3 N–H and O–H groups in total. The van der Waals surface area contributed by atoms with Crippen LogP contribution in [0.1, 0.15) is 15.9 Å². The second kappa shape index (κ2) is 9.33. The van der Waals surface area contributed by atoms with Gasteiger partial charge in [-0.3, -0.25) is 20.0 Å². The van der Waals surface area contributed by atoms with E-state index in [0.29, 0.717) is 12.2 Å². The molecule has 6 nitrogen and oxygen atoms in total. The van der Waals surface area contributed by atoms with Gasteiger partial charge in [0.25, 0.3) is 5.91 Å². The molecular formula is C20H26N4O2. The Morgan fingerprint density at radius 3 is 2.27 bits per heavy atom. The lowest BCUT2D eigenvalue weighted by atomic mass is 10.2. The molecule has 1 saturated heterocycles. The molecule has 1 heterocycles. The maximum absolute atomic E-state index is 11.4. The van der Waals surface area contributed by atoms with E-state index in [2.05, 4.69) is 45.6 Å². The molecule has 1 fully saturated rings. The Hall–Kier alpha value is -2.41. The minimum Gasteiger partial charge on any atom is -0.492 e. The van der Waals surface area contributed by atoms with E-state index in [1.807, 2.05) is 0 Å². The molecule has 0 spiro atoms. The summed E-state index contributed by atoms with van der Waals surface area (Å²) in [6, 6.07) is 17.6. The molecule has 0 unspecified atom stereocenters. The summed E-state index contributed by atoms with van der Waals surface area (Å²) in [5.41, 5.74) is 4.01. The van der Waals surface area contributed by atoms with Gasteiger partial charge in [0, 0.05) is 44.8 Å². The number of piperazine rings is 1. The highest BCUT2D eigenvalue weighted by molar-refractivity contribution is 5.93. The highest BCUT2D eigenvalue weighted by atomic mass is 16.5. The summed E-state index contributed by atoms with van der Waals surface area (Å²) >= 11 is 0. The number of carbonyl (C=O) groups is 1. The van der Waals surface area contributed by atoms with Crippen LogP contribution < -0.4 is 16.0 Å². The lowest BCUT2D eigenvalue weighted by molar-refractivity contribution is 0.0953. The fraction of sp³-hybridized carbons (Fsp3) is 0.350. The normalized spacial score (nSPS) is 15.6. The van der Waals surface area contributed by atoms with Crippen LogP contribution in [0.2, 0.25) is 0 Å². The van der Waals surface area contributed by atoms with E-state index in [9.17, 15) is 4.79 Å². The molecule has 0 aliphatic carbocycles. The summed E-state index contributed by atoms with van der Waals surface area (Å²) in [5.74, 6) is 5.58. The number of nitrogen functional groups attached to an aromatic ring is 1. The molecule has 0 aromatic heterocycles. The zero-order valence-electron chi connectivity index (χ0n) is 14.9. The van der Waals surface area contributed by atoms with Crippen molar-refractivity contribution in [2.24, 2.45) is 5.84 Å². The van der Waals surface area contributed by atoms with E-state index in [1.165, 1.54) is 5.56 Å².